The van der Waals surface area contributed by atoms with Crippen molar-refractivity contribution in [2.75, 3.05) is 13.7 Å². The molecule has 2 aromatic rings. The van der Waals surface area contributed by atoms with Gasteiger partial charge in [-0.25, -0.2) is 0 Å². The summed E-state index contributed by atoms with van der Waals surface area (Å²) >= 11 is 3.55. The summed E-state index contributed by atoms with van der Waals surface area (Å²) in [5.74, 6) is 0.0778. The molecule has 1 aromatic carbocycles. The lowest BCUT2D eigenvalue weighted by Gasteiger charge is -2.32. The van der Waals surface area contributed by atoms with Crippen LogP contribution in [0, 0.1) is 18.8 Å². The SMILES string of the molecule is COC1N=C(C=O)CC(C)C1CNC(=O)c1cc(Br)cc2c1c(C)cn2C(C)C. The molecule has 156 valence electrons. The predicted octanol–water partition coefficient (Wildman–Crippen LogP) is 4.29. The van der Waals surface area contributed by atoms with Gasteiger partial charge >= 0.3 is 0 Å². The van der Waals surface area contributed by atoms with Gasteiger partial charge < -0.3 is 14.6 Å². The van der Waals surface area contributed by atoms with Gasteiger partial charge in [0.05, 0.1) is 16.8 Å². The average molecular weight is 462 g/mol. The van der Waals surface area contributed by atoms with Gasteiger partial charge in [0.25, 0.3) is 5.91 Å². The molecule has 1 N–H and O–H groups in total. The molecule has 6 nitrogen and oxygen atoms in total. The Bertz CT molecular complexity index is 964. The Hall–Kier alpha value is -1.99. The molecule has 0 saturated carbocycles. The summed E-state index contributed by atoms with van der Waals surface area (Å²) in [7, 11) is 1.58. The van der Waals surface area contributed by atoms with Crippen molar-refractivity contribution in [3.63, 3.8) is 0 Å². The second kappa shape index (κ2) is 8.79. The molecule has 3 atom stereocenters. The summed E-state index contributed by atoms with van der Waals surface area (Å²) in [5, 5.41) is 4.05. The number of aliphatic imine (C=N–C) groups is 1. The largest absolute Gasteiger partial charge is 0.359 e. The van der Waals surface area contributed by atoms with Crippen molar-refractivity contribution in [3.05, 3.63) is 33.9 Å². The summed E-state index contributed by atoms with van der Waals surface area (Å²) in [6.45, 7) is 8.79. The van der Waals surface area contributed by atoms with Gasteiger partial charge in [0.2, 0.25) is 0 Å². The number of ether oxygens (including phenoxy) is 1. The van der Waals surface area contributed by atoms with Gasteiger partial charge in [0.1, 0.15) is 0 Å². The van der Waals surface area contributed by atoms with Crippen LogP contribution in [0.2, 0.25) is 0 Å². The fourth-order valence-corrected chi connectivity index (χ4v) is 4.59. The highest BCUT2D eigenvalue weighted by atomic mass is 79.9. The van der Waals surface area contributed by atoms with Crippen LogP contribution < -0.4 is 5.32 Å². The molecule has 7 heteroatoms. The number of aryl methyl sites for hydroxylation is 1. The highest BCUT2D eigenvalue weighted by Crippen LogP contribution is 2.31. The number of fused-ring (bicyclic) bond motifs is 1. The second-order valence-electron chi connectivity index (χ2n) is 8.08. The van der Waals surface area contributed by atoms with Gasteiger partial charge in [-0.15, -0.1) is 0 Å². The molecule has 0 radical (unpaired) electrons. The first-order chi connectivity index (χ1) is 13.8. The third kappa shape index (κ3) is 4.31. The zero-order valence-corrected chi connectivity index (χ0v) is 19.1. The molecular formula is C22H28BrN3O3. The molecule has 1 aliphatic rings. The Balaban J connectivity index is 1.87. The molecule has 1 aromatic heterocycles. The number of rotatable bonds is 6. The number of carbonyl (C=O) groups is 2. The van der Waals surface area contributed by atoms with Gasteiger partial charge in [-0.1, -0.05) is 22.9 Å². The molecule has 2 heterocycles. The third-order valence-corrected chi connectivity index (χ3v) is 6.14. The first-order valence-electron chi connectivity index (χ1n) is 9.90. The zero-order valence-electron chi connectivity index (χ0n) is 17.5. The Morgan fingerprint density at radius 1 is 1.45 bits per heavy atom. The summed E-state index contributed by atoms with van der Waals surface area (Å²) in [6.07, 6.45) is 3.06. The lowest BCUT2D eigenvalue weighted by atomic mass is 9.85. The number of aromatic nitrogens is 1. The van der Waals surface area contributed by atoms with Crippen molar-refractivity contribution < 1.29 is 14.3 Å². The monoisotopic (exact) mass is 461 g/mol. The standard InChI is InChI=1S/C22H28BrN3O3/c1-12(2)26-10-14(4)20-17(7-15(23)8-19(20)26)21(28)24-9-18-13(3)6-16(11-27)25-22(18)29-5/h7-8,10-13,18,22H,6,9H2,1-5H3,(H,24,28). The van der Waals surface area contributed by atoms with E-state index in [1.54, 1.807) is 7.11 Å². The lowest BCUT2D eigenvalue weighted by molar-refractivity contribution is -0.103. The first-order valence-corrected chi connectivity index (χ1v) is 10.7. The van der Waals surface area contributed by atoms with E-state index in [0.29, 0.717) is 30.3 Å². The van der Waals surface area contributed by atoms with Crippen LogP contribution in [-0.4, -0.2) is 42.4 Å². The summed E-state index contributed by atoms with van der Waals surface area (Å²) in [6, 6.07) is 4.22. The molecule has 0 spiro atoms. The summed E-state index contributed by atoms with van der Waals surface area (Å²) in [4.78, 5) is 28.6. The maximum absolute atomic E-state index is 13.1. The van der Waals surface area contributed by atoms with Gasteiger partial charge in [0.15, 0.2) is 12.5 Å². The van der Waals surface area contributed by atoms with E-state index in [1.165, 1.54) is 0 Å². The normalized spacial score (nSPS) is 22.0. The number of methoxy groups -OCH3 is 1. The van der Waals surface area contributed by atoms with Crippen LogP contribution in [0.25, 0.3) is 10.9 Å². The van der Waals surface area contributed by atoms with E-state index in [4.69, 9.17) is 4.74 Å². The Labute approximate surface area is 179 Å². The second-order valence-corrected chi connectivity index (χ2v) is 9.00. The van der Waals surface area contributed by atoms with E-state index in [0.717, 1.165) is 27.2 Å². The van der Waals surface area contributed by atoms with Gasteiger partial charge in [-0.3, -0.25) is 14.6 Å². The number of aldehydes is 1. The van der Waals surface area contributed by atoms with Crippen LogP contribution >= 0.6 is 15.9 Å². The van der Waals surface area contributed by atoms with Crippen LogP contribution in [0.4, 0.5) is 0 Å². The Kier molecular flexibility index (Phi) is 6.58. The van der Waals surface area contributed by atoms with Crippen LogP contribution in [0.1, 0.15) is 49.2 Å². The molecule has 0 saturated heterocycles. The van der Waals surface area contributed by atoms with Crippen molar-refractivity contribution in [1.82, 2.24) is 9.88 Å². The average Bonchev–Trinajstić information content (AvgIpc) is 3.02. The minimum Gasteiger partial charge on any atom is -0.359 e. The smallest absolute Gasteiger partial charge is 0.252 e. The van der Waals surface area contributed by atoms with E-state index in [9.17, 15) is 9.59 Å². The fourth-order valence-electron chi connectivity index (χ4n) is 4.15. The van der Waals surface area contributed by atoms with Crippen LogP contribution in [0.3, 0.4) is 0 Å². The van der Waals surface area contributed by atoms with Gasteiger partial charge in [-0.2, -0.15) is 0 Å². The number of halogens is 1. The third-order valence-electron chi connectivity index (χ3n) is 5.69. The molecule has 0 bridgehead atoms. The van der Waals surface area contributed by atoms with Crippen molar-refractivity contribution in [2.45, 2.75) is 46.4 Å². The Morgan fingerprint density at radius 3 is 2.79 bits per heavy atom. The number of nitrogens with one attached hydrogen (secondary N) is 1. The minimum absolute atomic E-state index is 0.0108. The molecular weight excluding hydrogens is 434 g/mol. The van der Waals surface area contributed by atoms with Gasteiger partial charge in [-0.05, 0) is 50.8 Å². The van der Waals surface area contributed by atoms with E-state index in [1.807, 2.05) is 13.0 Å². The maximum atomic E-state index is 13.1. The molecule has 3 unspecified atom stereocenters. The molecule has 29 heavy (non-hydrogen) atoms. The van der Waals surface area contributed by atoms with Crippen LogP contribution in [0.15, 0.2) is 27.8 Å². The highest BCUT2D eigenvalue weighted by molar-refractivity contribution is 9.10. The fraction of sp³-hybridized carbons (Fsp3) is 0.500. The molecule has 3 rings (SSSR count). The van der Waals surface area contributed by atoms with Crippen LogP contribution in [0.5, 0.6) is 0 Å². The number of benzene rings is 1. The topological polar surface area (TPSA) is 72.7 Å². The summed E-state index contributed by atoms with van der Waals surface area (Å²) in [5.41, 5.74) is 3.29. The van der Waals surface area contributed by atoms with Gasteiger partial charge in [0, 0.05) is 41.7 Å². The zero-order chi connectivity index (χ0) is 21.3. The van der Waals surface area contributed by atoms with Crippen molar-refractivity contribution in [2.24, 2.45) is 16.8 Å². The van der Waals surface area contributed by atoms with E-state index in [-0.39, 0.29) is 17.7 Å². The van der Waals surface area contributed by atoms with E-state index in [2.05, 4.69) is 63.8 Å². The number of hydrogen-bond donors (Lipinski definition) is 1. The van der Waals surface area contributed by atoms with Crippen molar-refractivity contribution in [1.29, 1.82) is 0 Å². The Morgan fingerprint density at radius 2 is 2.17 bits per heavy atom. The molecule has 1 aliphatic heterocycles. The molecule has 1 amide bonds. The van der Waals surface area contributed by atoms with E-state index < -0.39 is 6.23 Å². The maximum Gasteiger partial charge on any atom is 0.252 e. The quantitative estimate of drug-likeness (QED) is 0.651. The highest BCUT2D eigenvalue weighted by Gasteiger charge is 2.32. The minimum atomic E-state index is -0.425. The molecule has 0 aliphatic carbocycles. The summed E-state index contributed by atoms with van der Waals surface area (Å²) < 4.78 is 8.53. The van der Waals surface area contributed by atoms with Crippen molar-refractivity contribution >= 4 is 44.7 Å². The number of nitrogens with zero attached hydrogens (tertiary/aromatic N) is 2. The number of amides is 1. The molecule has 0 fully saturated rings. The van der Waals surface area contributed by atoms with Crippen molar-refractivity contribution in [3.8, 4) is 0 Å². The predicted molar refractivity (Wildman–Crippen MR) is 119 cm³/mol. The van der Waals surface area contributed by atoms with Crippen LogP contribution in [-0.2, 0) is 9.53 Å². The number of hydrogen-bond acceptors (Lipinski definition) is 4. The first kappa shape index (κ1) is 21.7. The lowest BCUT2D eigenvalue weighted by Crippen LogP contribution is -2.42. The number of carbonyl (C=O) groups excluding carboxylic acids is 2. The van der Waals surface area contributed by atoms with E-state index >= 15 is 0 Å².